The molecule has 8 nitrogen and oxygen atoms in total. The van der Waals surface area contributed by atoms with Crippen molar-refractivity contribution in [3.63, 3.8) is 0 Å². The van der Waals surface area contributed by atoms with E-state index in [-0.39, 0.29) is 12.1 Å². The fraction of sp³-hybridized carbons (Fsp3) is 0.370. The zero-order valence-corrected chi connectivity index (χ0v) is 20.7. The van der Waals surface area contributed by atoms with Crippen molar-refractivity contribution in [2.45, 2.75) is 38.1 Å². The van der Waals surface area contributed by atoms with Crippen molar-refractivity contribution in [3.8, 4) is 23.3 Å². The third kappa shape index (κ3) is 5.99. The number of likely N-dealkylation sites (tertiary alicyclic amines) is 1. The molecule has 2 aromatic carbocycles. The Morgan fingerprint density at radius 3 is 2.72 bits per heavy atom. The largest absolute Gasteiger partial charge is 0.491 e. The number of aromatic nitrogens is 1. The number of hydrogen-bond donors (Lipinski definition) is 2. The quantitative estimate of drug-likeness (QED) is 0.407. The average Bonchev–Trinajstić information content (AvgIpc) is 3.70. The molecule has 36 heavy (non-hydrogen) atoms. The van der Waals surface area contributed by atoms with Crippen LogP contribution in [-0.2, 0) is 0 Å². The number of pyridine rings is 1. The SMILES string of the molecule is N#Cc1cc2c(Oc3ccc(NC(=O)NC4CC4)c(Cl)c3)ccnc2cc1OCCN1CCCCC1. The summed E-state index contributed by atoms with van der Waals surface area (Å²) in [5.74, 6) is 1.57. The first-order valence-corrected chi connectivity index (χ1v) is 12.7. The van der Waals surface area contributed by atoms with Crippen molar-refractivity contribution in [2.24, 2.45) is 0 Å². The van der Waals surface area contributed by atoms with E-state index >= 15 is 0 Å². The molecule has 2 N–H and O–H groups in total. The van der Waals surface area contributed by atoms with Gasteiger partial charge in [-0.1, -0.05) is 18.0 Å². The third-order valence-electron chi connectivity index (χ3n) is 6.37. The van der Waals surface area contributed by atoms with Gasteiger partial charge in [-0.2, -0.15) is 5.26 Å². The summed E-state index contributed by atoms with van der Waals surface area (Å²) in [6.45, 7) is 3.56. The normalized spacial score (nSPS) is 15.8. The number of carbonyl (C=O) groups excluding carboxylic acids is 1. The molecule has 9 heteroatoms. The molecule has 0 unspecified atom stereocenters. The van der Waals surface area contributed by atoms with Crippen LogP contribution in [0.2, 0.25) is 5.02 Å². The molecule has 1 aromatic heterocycles. The van der Waals surface area contributed by atoms with Crippen molar-refractivity contribution in [1.29, 1.82) is 5.26 Å². The van der Waals surface area contributed by atoms with Gasteiger partial charge in [0.25, 0.3) is 0 Å². The molecule has 0 radical (unpaired) electrons. The predicted molar refractivity (Wildman–Crippen MR) is 139 cm³/mol. The Morgan fingerprint density at radius 1 is 1.14 bits per heavy atom. The zero-order valence-electron chi connectivity index (χ0n) is 19.9. The molecule has 2 amide bonds. The fourth-order valence-corrected chi connectivity index (χ4v) is 4.49. The lowest BCUT2D eigenvalue weighted by molar-refractivity contribution is 0.183. The van der Waals surface area contributed by atoms with E-state index < -0.39 is 0 Å². The summed E-state index contributed by atoms with van der Waals surface area (Å²) in [7, 11) is 0. The van der Waals surface area contributed by atoms with Gasteiger partial charge in [0.15, 0.2) is 0 Å². The summed E-state index contributed by atoms with van der Waals surface area (Å²) in [5.41, 5.74) is 1.60. The van der Waals surface area contributed by atoms with Gasteiger partial charge in [-0.3, -0.25) is 9.88 Å². The van der Waals surface area contributed by atoms with Crippen molar-refractivity contribution in [2.75, 3.05) is 31.6 Å². The first kappa shape index (κ1) is 24.2. The lowest BCUT2D eigenvalue weighted by atomic mass is 10.1. The van der Waals surface area contributed by atoms with Crippen LogP contribution in [0.15, 0.2) is 42.6 Å². The van der Waals surface area contributed by atoms with E-state index in [9.17, 15) is 10.1 Å². The number of ether oxygens (including phenoxy) is 2. The van der Waals surface area contributed by atoms with Gasteiger partial charge in [-0.05, 0) is 63.0 Å². The van der Waals surface area contributed by atoms with Gasteiger partial charge >= 0.3 is 6.03 Å². The van der Waals surface area contributed by atoms with Gasteiger partial charge in [0, 0.05) is 36.3 Å². The van der Waals surface area contributed by atoms with Crippen LogP contribution >= 0.6 is 11.6 Å². The molecule has 2 heterocycles. The lowest BCUT2D eigenvalue weighted by Crippen LogP contribution is -2.33. The molecule has 0 atom stereocenters. The van der Waals surface area contributed by atoms with Gasteiger partial charge in [0.1, 0.15) is 29.9 Å². The Morgan fingerprint density at radius 2 is 1.97 bits per heavy atom. The number of nitriles is 1. The summed E-state index contributed by atoms with van der Waals surface area (Å²) in [4.78, 5) is 18.9. The van der Waals surface area contributed by atoms with Gasteiger partial charge in [0.2, 0.25) is 0 Å². The van der Waals surface area contributed by atoms with Crippen LogP contribution in [0.4, 0.5) is 10.5 Å². The standard InChI is InChI=1S/C27H28ClN5O3/c28-22-15-20(6-7-23(22)32-27(34)31-19-4-5-19)36-25-8-9-30-24-16-26(18(17-29)14-21(24)25)35-13-12-33-10-2-1-3-11-33/h6-9,14-16,19H,1-5,10-13H2,(H2,31,32,34). The Bertz CT molecular complexity index is 1300. The molecule has 3 aromatic rings. The number of anilines is 1. The molecule has 5 rings (SSSR count). The topological polar surface area (TPSA) is 99.5 Å². The Balaban J connectivity index is 1.29. The van der Waals surface area contributed by atoms with E-state index in [4.69, 9.17) is 21.1 Å². The van der Waals surface area contributed by atoms with Crippen LogP contribution in [-0.4, -0.2) is 48.2 Å². The molecule has 0 spiro atoms. The van der Waals surface area contributed by atoms with E-state index in [1.807, 2.05) is 0 Å². The van der Waals surface area contributed by atoms with E-state index in [1.54, 1.807) is 42.6 Å². The van der Waals surface area contributed by atoms with Crippen LogP contribution < -0.4 is 20.1 Å². The smallest absolute Gasteiger partial charge is 0.319 e. The minimum Gasteiger partial charge on any atom is -0.491 e. The van der Waals surface area contributed by atoms with Gasteiger partial charge in [-0.15, -0.1) is 0 Å². The van der Waals surface area contributed by atoms with Crippen molar-refractivity contribution >= 4 is 34.2 Å². The summed E-state index contributed by atoms with van der Waals surface area (Å²) >= 11 is 6.39. The summed E-state index contributed by atoms with van der Waals surface area (Å²) in [5, 5.41) is 16.4. The molecule has 1 aliphatic heterocycles. The minimum absolute atomic E-state index is 0.255. The van der Waals surface area contributed by atoms with E-state index in [2.05, 4.69) is 26.6 Å². The van der Waals surface area contributed by atoms with Crippen LogP contribution in [0.5, 0.6) is 17.2 Å². The maximum atomic E-state index is 12.0. The van der Waals surface area contributed by atoms with Gasteiger partial charge in [-0.25, -0.2) is 4.79 Å². The van der Waals surface area contributed by atoms with Gasteiger partial charge in [0.05, 0.1) is 21.8 Å². The second-order valence-electron chi connectivity index (χ2n) is 9.15. The summed E-state index contributed by atoms with van der Waals surface area (Å²) in [6.07, 6.45) is 7.42. The summed E-state index contributed by atoms with van der Waals surface area (Å²) < 4.78 is 12.1. The highest BCUT2D eigenvalue weighted by Gasteiger charge is 2.23. The molecule has 186 valence electrons. The number of carbonyl (C=O) groups is 1. The Kier molecular flexibility index (Phi) is 7.40. The van der Waals surface area contributed by atoms with Crippen molar-refractivity contribution in [3.05, 3.63) is 53.2 Å². The fourth-order valence-electron chi connectivity index (χ4n) is 4.27. The molecule has 2 fully saturated rings. The van der Waals surface area contributed by atoms with E-state index in [0.29, 0.717) is 51.0 Å². The number of benzene rings is 2. The molecular formula is C27H28ClN5O3. The van der Waals surface area contributed by atoms with Crippen molar-refractivity contribution in [1.82, 2.24) is 15.2 Å². The van der Waals surface area contributed by atoms with Crippen LogP contribution in [0.3, 0.4) is 0 Å². The molecule has 1 aliphatic carbocycles. The maximum Gasteiger partial charge on any atom is 0.319 e. The monoisotopic (exact) mass is 505 g/mol. The van der Waals surface area contributed by atoms with Crippen LogP contribution in [0.25, 0.3) is 10.9 Å². The first-order valence-electron chi connectivity index (χ1n) is 12.3. The Labute approximate surface area is 215 Å². The second kappa shape index (κ2) is 11.0. The van der Waals surface area contributed by atoms with Gasteiger partial charge < -0.3 is 20.1 Å². The maximum absolute atomic E-state index is 12.0. The van der Waals surface area contributed by atoms with Crippen LogP contribution in [0.1, 0.15) is 37.7 Å². The molecule has 2 aliphatic rings. The highest BCUT2D eigenvalue weighted by molar-refractivity contribution is 6.33. The number of rotatable bonds is 8. The number of hydrogen-bond acceptors (Lipinski definition) is 6. The zero-order chi connectivity index (χ0) is 24.9. The number of fused-ring (bicyclic) bond motifs is 1. The van der Waals surface area contributed by atoms with E-state index in [1.165, 1.54) is 19.3 Å². The highest BCUT2D eigenvalue weighted by Crippen LogP contribution is 2.35. The third-order valence-corrected chi connectivity index (χ3v) is 6.68. The predicted octanol–water partition coefficient (Wildman–Crippen LogP) is 5.70. The highest BCUT2D eigenvalue weighted by atomic mass is 35.5. The minimum atomic E-state index is -0.272. The van der Waals surface area contributed by atoms with Crippen LogP contribution in [0, 0.1) is 11.3 Å². The summed E-state index contributed by atoms with van der Waals surface area (Å²) in [6, 6.07) is 12.6. The van der Waals surface area contributed by atoms with E-state index in [0.717, 1.165) is 32.5 Å². The number of piperidine rings is 1. The second-order valence-corrected chi connectivity index (χ2v) is 9.56. The number of urea groups is 1. The first-order chi connectivity index (χ1) is 17.6. The molecule has 1 saturated carbocycles. The Hall–Kier alpha value is -3.54. The number of nitrogens with zero attached hydrogens (tertiary/aromatic N) is 3. The lowest BCUT2D eigenvalue weighted by Gasteiger charge is -2.26. The average molecular weight is 506 g/mol. The molecular weight excluding hydrogens is 478 g/mol. The number of nitrogens with one attached hydrogen (secondary N) is 2. The molecule has 1 saturated heterocycles. The van der Waals surface area contributed by atoms with Crippen molar-refractivity contribution < 1.29 is 14.3 Å². The number of amides is 2. The molecule has 0 bridgehead atoms. The number of halogens is 1.